The molecule has 2 rings (SSSR count). The zero-order chi connectivity index (χ0) is 11.6. The van der Waals surface area contributed by atoms with Gasteiger partial charge in [-0.05, 0) is 38.1 Å². The summed E-state index contributed by atoms with van der Waals surface area (Å²) in [5, 5.41) is 3.50. The topological polar surface area (TPSA) is 46.2 Å². The van der Waals surface area contributed by atoms with E-state index in [0.717, 1.165) is 18.9 Å². The summed E-state index contributed by atoms with van der Waals surface area (Å²) in [5.41, 5.74) is 0. The standard InChI is InChI=1S/C12H23NO2S/c1-10(7-11-3-2-4-11)13-8-12-5-6-16(14,15)9-12/h10-13H,2-9H2,1H3. The first-order valence-corrected chi connectivity index (χ1v) is 8.31. The van der Waals surface area contributed by atoms with Gasteiger partial charge in [0.1, 0.15) is 0 Å². The van der Waals surface area contributed by atoms with Gasteiger partial charge in [0.25, 0.3) is 0 Å². The van der Waals surface area contributed by atoms with E-state index >= 15 is 0 Å². The van der Waals surface area contributed by atoms with Crippen LogP contribution in [-0.4, -0.2) is 32.5 Å². The molecule has 1 aliphatic carbocycles. The molecule has 2 aliphatic rings. The van der Waals surface area contributed by atoms with Crippen LogP contribution in [0.3, 0.4) is 0 Å². The Balaban J connectivity index is 1.63. The Morgan fingerprint density at radius 1 is 1.25 bits per heavy atom. The molecule has 0 spiro atoms. The van der Waals surface area contributed by atoms with Crippen LogP contribution in [0.15, 0.2) is 0 Å². The molecule has 1 aliphatic heterocycles. The lowest BCUT2D eigenvalue weighted by atomic mass is 9.81. The normalized spacial score (nSPS) is 31.2. The third-order valence-electron chi connectivity index (χ3n) is 3.99. The first-order chi connectivity index (χ1) is 7.55. The number of hydrogen-bond acceptors (Lipinski definition) is 3. The molecule has 0 bridgehead atoms. The van der Waals surface area contributed by atoms with Gasteiger partial charge in [-0.25, -0.2) is 8.42 Å². The van der Waals surface area contributed by atoms with Crippen molar-refractivity contribution in [2.45, 2.75) is 45.1 Å². The lowest BCUT2D eigenvalue weighted by Crippen LogP contribution is -2.34. The molecular formula is C12H23NO2S. The zero-order valence-corrected chi connectivity index (χ0v) is 10.9. The third kappa shape index (κ3) is 3.45. The summed E-state index contributed by atoms with van der Waals surface area (Å²) < 4.78 is 22.6. The van der Waals surface area contributed by atoms with Crippen LogP contribution in [-0.2, 0) is 9.84 Å². The maximum Gasteiger partial charge on any atom is 0.150 e. The highest BCUT2D eigenvalue weighted by Gasteiger charge is 2.28. The van der Waals surface area contributed by atoms with E-state index in [9.17, 15) is 8.42 Å². The maximum atomic E-state index is 11.3. The average Bonchev–Trinajstić information content (AvgIpc) is 2.49. The minimum atomic E-state index is -2.70. The predicted octanol–water partition coefficient (Wildman–Crippen LogP) is 1.59. The van der Waals surface area contributed by atoms with Crippen LogP contribution in [0, 0.1) is 11.8 Å². The van der Waals surface area contributed by atoms with Crippen molar-refractivity contribution in [2.75, 3.05) is 18.1 Å². The Morgan fingerprint density at radius 2 is 2.00 bits per heavy atom. The summed E-state index contributed by atoms with van der Waals surface area (Å²) in [5.74, 6) is 2.08. The lowest BCUT2D eigenvalue weighted by molar-refractivity contribution is 0.263. The van der Waals surface area contributed by atoms with Crippen molar-refractivity contribution in [1.82, 2.24) is 5.32 Å². The van der Waals surface area contributed by atoms with Crippen molar-refractivity contribution in [1.29, 1.82) is 0 Å². The smallest absolute Gasteiger partial charge is 0.150 e. The van der Waals surface area contributed by atoms with Crippen molar-refractivity contribution in [2.24, 2.45) is 11.8 Å². The molecule has 1 N–H and O–H groups in total. The van der Waals surface area contributed by atoms with E-state index in [-0.39, 0.29) is 0 Å². The summed E-state index contributed by atoms with van der Waals surface area (Å²) in [4.78, 5) is 0. The van der Waals surface area contributed by atoms with Crippen LogP contribution in [0.5, 0.6) is 0 Å². The van der Waals surface area contributed by atoms with Gasteiger partial charge in [-0.15, -0.1) is 0 Å². The van der Waals surface area contributed by atoms with Gasteiger partial charge in [0.05, 0.1) is 11.5 Å². The number of rotatable bonds is 5. The van der Waals surface area contributed by atoms with E-state index < -0.39 is 9.84 Å². The van der Waals surface area contributed by atoms with Crippen LogP contribution in [0.2, 0.25) is 0 Å². The van der Waals surface area contributed by atoms with E-state index in [1.165, 1.54) is 25.7 Å². The van der Waals surface area contributed by atoms with Crippen molar-refractivity contribution in [3.05, 3.63) is 0 Å². The van der Waals surface area contributed by atoms with Gasteiger partial charge in [0.15, 0.2) is 9.84 Å². The molecule has 0 radical (unpaired) electrons. The fourth-order valence-electron chi connectivity index (χ4n) is 2.71. The maximum absolute atomic E-state index is 11.3. The van der Waals surface area contributed by atoms with Gasteiger partial charge >= 0.3 is 0 Å². The first-order valence-electron chi connectivity index (χ1n) is 6.49. The highest BCUT2D eigenvalue weighted by atomic mass is 32.2. The average molecular weight is 245 g/mol. The van der Waals surface area contributed by atoms with Crippen LogP contribution >= 0.6 is 0 Å². The molecule has 0 aromatic heterocycles. The molecule has 2 fully saturated rings. The predicted molar refractivity (Wildman–Crippen MR) is 66.2 cm³/mol. The van der Waals surface area contributed by atoms with Crippen LogP contribution in [0.25, 0.3) is 0 Å². The molecule has 94 valence electrons. The molecule has 3 nitrogen and oxygen atoms in total. The second-order valence-corrected chi connectivity index (χ2v) is 7.84. The molecule has 0 aromatic rings. The van der Waals surface area contributed by atoms with Gasteiger partial charge in [-0.2, -0.15) is 0 Å². The third-order valence-corrected chi connectivity index (χ3v) is 5.83. The van der Waals surface area contributed by atoms with E-state index in [1.54, 1.807) is 0 Å². The van der Waals surface area contributed by atoms with Gasteiger partial charge in [-0.1, -0.05) is 19.3 Å². The fraction of sp³-hybridized carbons (Fsp3) is 1.00. The Bertz CT molecular complexity index is 322. The molecule has 2 atom stereocenters. The molecule has 0 amide bonds. The minimum Gasteiger partial charge on any atom is -0.314 e. The Kier molecular flexibility index (Phi) is 3.90. The van der Waals surface area contributed by atoms with E-state index in [0.29, 0.717) is 23.5 Å². The second kappa shape index (κ2) is 5.05. The van der Waals surface area contributed by atoms with E-state index in [1.807, 2.05) is 0 Å². The van der Waals surface area contributed by atoms with Gasteiger partial charge in [0.2, 0.25) is 0 Å². The van der Waals surface area contributed by atoms with Gasteiger partial charge in [0, 0.05) is 6.04 Å². The Hall–Kier alpha value is -0.0900. The van der Waals surface area contributed by atoms with Crippen molar-refractivity contribution < 1.29 is 8.42 Å². The first kappa shape index (κ1) is 12.4. The van der Waals surface area contributed by atoms with Crippen LogP contribution < -0.4 is 5.32 Å². The monoisotopic (exact) mass is 245 g/mol. The number of hydrogen-bond donors (Lipinski definition) is 1. The molecule has 4 heteroatoms. The van der Waals surface area contributed by atoms with Crippen LogP contribution in [0.4, 0.5) is 0 Å². The van der Waals surface area contributed by atoms with Crippen molar-refractivity contribution in [3.8, 4) is 0 Å². The Labute approximate surface area is 98.9 Å². The number of nitrogens with one attached hydrogen (secondary N) is 1. The second-order valence-electron chi connectivity index (χ2n) is 5.61. The molecule has 1 saturated heterocycles. The lowest BCUT2D eigenvalue weighted by Gasteiger charge is -2.29. The summed E-state index contributed by atoms with van der Waals surface area (Å²) in [6.07, 6.45) is 6.30. The summed E-state index contributed by atoms with van der Waals surface area (Å²) in [6.45, 7) is 3.11. The minimum absolute atomic E-state index is 0.355. The molecule has 1 saturated carbocycles. The zero-order valence-electron chi connectivity index (χ0n) is 10.1. The van der Waals surface area contributed by atoms with Gasteiger partial charge in [-0.3, -0.25) is 0 Å². The van der Waals surface area contributed by atoms with E-state index in [2.05, 4.69) is 12.2 Å². The fourth-order valence-corrected chi connectivity index (χ4v) is 4.57. The highest BCUT2D eigenvalue weighted by molar-refractivity contribution is 7.91. The SMILES string of the molecule is CC(CC1CCC1)NCC1CCS(=O)(=O)C1. The molecule has 16 heavy (non-hydrogen) atoms. The molecule has 0 aromatic carbocycles. The quantitative estimate of drug-likeness (QED) is 0.800. The molecular weight excluding hydrogens is 222 g/mol. The number of sulfone groups is 1. The summed E-state index contributed by atoms with van der Waals surface area (Å²) >= 11 is 0. The molecule has 2 unspecified atom stereocenters. The summed E-state index contributed by atoms with van der Waals surface area (Å²) in [7, 11) is -2.70. The van der Waals surface area contributed by atoms with Crippen LogP contribution in [0.1, 0.15) is 39.0 Å². The largest absolute Gasteiger partial charge is 0.314 e. The highest BCUT2D eigenvalue weighted by Crippen LogP contribution is 2.30. The van der Waals surface area contributed by atoms with E-state index in [4.69, 9.17) is 0 Å². The summed E-state index contributed by atoms with van der Waals surface area (Å²) in [6, 6.07) is 0.550. The van der Waals surface area contributed by atoms with Crippen molar-refractivity contribution in [3.63, 3.8) is 0 Å². The van der Waals surface area contributed by atoms with Crippen molar-refractivity contribution >= 4 is 9.84 Å². The molecule has 1 heterocycles. The Morgan fingerprint density at radius 3 is 2.50 bits per heavy atom. The van der Waals surface area contributed by atoms with Gasteiger partial charge < -0.3 is 5.32 Å².